The number of nitrogens with one attached hydrogen (secondary N) is 3. The number of benzene rings is 6. The number of halogens is 6. The number of hydrogen-bond acceptors (Lipinski definition) is 9. The first-order valence-corrected chi connectivity index (χ1v) is 29.4. The number of piperidine rings is 3. The molecule has 23 heteroatoms. The van der Waals surface area contributed by atoms with Gasteiger partial charge in [-0.15, -0.1) is 0 Å². The fourth-order valence-corrected chi connectivity index (χ4v) is 13.4. The maximum absolute atomic E-state index is 13.6. The molecule has 3 saturated heterocycles. The Morgan fingerprint density at radius 3 is 1.07 bits per heavy atom. The van der Waals surface area contributed by atoms with E-state index in [1.54, 1.807) is 69.3 Å². The van der Waals surface area contributed by atoms with Crippen molar-refractivity contribution in [2.45, 2.75) is 106 Å². The molecule has 6 aromatic rings. The Labute approximate surface area is 540 Å². The molecule has 5 N–H and O–H groups in total. The number of ketones is 1. The molecule has 89 heavy (non-hydrogen) atoms. The van der Waals surface area contributed by atoms with Gasteiger partial charge in [-0.1, -0.05) is 36.4 Å². The Morgan fingerprint density at radius 1 is 0.449 bits per heavy atom. The number of rotatable bonds is 6. The van der Waals surface area contributed by atoms with Crippen LogP contribution in [0.3, 0.4) is 0 Å². The molecule has 6 heterocycles. The summed E-state index contributed by atoms with van der Waals surface area (Å²) in [6, 6.07) is 31.1. The van der Waals surface area contributed by atoms with Gasteiger partial charge < -0.3 is 57.0 Å². The zero-order chi connectivity index (χ0) is 61.8. The van der Waals surface area contributed by atoms with Crippen LogP contribution < -0.4 is 60.2 Å². The van der Waals surface area contributed by atoms with Gasteiger partial charge in [0.05, 0.1) is 17.7 Å². The largest absolute Gasteiger partial charge is 1.00 e. The number of hydrogen-bond donors (Lipinski definition) is 5. The molecule has 0 bridgehead atoms. The molecule has 3 radical (unpaired) electrons. The molecule has 465 valence electrons. The fraction of sp³-hybridized carbons (Fsp3) is 0.394. The van der Waals surface area contributed by atoms with Crippen LogP contribution in [-0.4, -0.2) is 134 Å². The maximum Gasteiger partial charge on any atom is 1.00 e. The van der Waals surface area contributed by atoms with Gasteiger partial charge in [0, 0.05) is 153 Å². The Morgan fingerprint density at radius 2 is 0.730 bits per heavy atom. The Balaban J connectivity index is 0.000000189. The van der Waals surface area contributed by atoms with Crippen LogP contribution in [0.4, 0.5) is 57.8 Å². The van der Waals surface area contributed by atoms with Crippen molar-refractivity contribution in [3.63, 3.8) is 0 Å². The van der Waals surface area contributed by atoms with E-state index < -0.39 is 18.0 Å². The minimum absolute atomic E-state index is 0. The Kier molecular flexibility index (Phi) is 21.8. The maximum atomic E-state index is 13.6. The van der Waals surface area contributed by atoms with Crippen molar-refractivity contribution in [1.29, 1.82) is 0 Å². The summed E-state index contributed by atoms with van der Waals surface area (Å²) in [5.41, 5.74) is 5.77. The van der Waals surface area contributed by atoms with Gasteiger partial charge in [0.1, 0.15) is 34.9 Å². The molecule has 2 atom stereocenters. The van der Waals surface area contributed by atoms with E-state index in [4.69, 9.17) is 0 Å². The average Bonchev–Trinajstić information content (AvgIpc) is 0.843. The first kappa shape index (κ1) is 67.7. The molecule has 0 unspecified atom stereocenters. The summed E-state index contributed by atoms with van der Waals surface area (Å²) in [4.78, 5) is 61.9. The van der Waals surface area contributed by atoms with Crippen LogP contribution in [0.1, 0.15) is 110 Å². The van der Waals surface area contributed by atoms with Crippen LogP contribution in [-0.2, 0) is 19.6 Å². The zero-order valence-corrected chi connectivity index (χ0v) is 52.6. The first-order valence-electron chi connectivity index (χ1n) is 29.4. The molecule has 6 amide bonds. The number of Topliss-reactive ketones (excluding diaryl/α,β-unsaturated/α-hetero) is 1. The molecule has 3 fully saturated rings. The predicted molar refractivity (Wildman–Crippen MR) is 326 cm³/mol. The van der Waals surface area contributed by atoms with E-state index in [9.17, 15) is 55.7 Å². The second-order valence-electron chi connectivity index (χ2n) is 23.8. The van der Waals surface area contributed by atoms with Crippen LogP contribution >= 0.6 is 0 Å². The zero-order valence-electron chi connectivity index (χ0n) is 51.6. The minimum Gasteiger partial charge on any atom is -1.00 e. The summed E-state index contributed by atoms with van der Waals surface area (Å²) < 4.78 is 79.7. The number of anilines is 3. The van der Waals surface area contributed by atoms with E-state index in [-0.39, 0.29) is 109 Å². The van der Waals surface area contributed by atoms with Gasteiger partial charge in [-0.2, -0.15) is 0 Å². The van der Waals surface area contributed by atoms with Crippen LogP contribution in [0, 0.1) is 34.9 Å². The fourth-order valence-electron chi connectivity index (χ4n) is 13.4. The minimum atomic E-state index is -0.712. The third-order valence-electron chi connectivity index (χ3n) is 18.8. The van der Waals surface area contributed by atoms with Gasteiger partial charge in [0.15, 0.2) is 5.78 Å². The topological polar surface area (TPSA) is 164 Å². The number of urea groups is 3. The number of nitrogens with zero attached hydrogens (tertiary/aromatic N) is 6. The molecule has 6 aromatic carbocycles. The van der Waals surface area contributed by atoms with E-state index >= 15 is 0 Å². The van der Waals surface area contributed by atoms with Gasteiger partial charge >= 0.3 is 47.7 Å². The van der Waals surface area contributed by atoms with Gasteiger partial charge in [0.25, 0.3) is 0 Å². The number of likely N-dealkylation sites (tertiary alicyclic amines) is 3. The Bertz CT molecular complexity index is 3320. The number of carbonyl (C=O) groups excluding carboxylic acids is 4. The molecule has 12 rings (SSSR count). The molecular formula is C66H74BF6N9NaO6. The van der Waals surface area contributed by atoms with Crippen LogP contribution in [0.2, 0.25) is 0 Å². The second kappa shape index (κ2) is 28.7. The molecule has 0 saturated carbocycles. The summed E-state index contributed by atoms with van der Waals surface area (Å²) in [5, 5.41) is 29.9. The number of fused-ring (bicyclic) bond motifs is 3. The summed E-state index contributed by atoms with van der Waals surface area (Å²) in [5.74, 6) is -2.06. The van der Waals surface area contributed by atoms with E-state index in [0.717, 1.165) is 59.4 Å². The van der Waals surface area contributed by atoms with Crippen molar-refractivity contribution in [3.8, 4) is 0 Å². The molecule has 3 spiro atoms. The van der Waals surface area contributed by atoms with Gasteiger partial charge in [-0.3, -0.25) is 4.79 Å². The molecule has 0 aromatic heterocycles. The van der Waals surface area contributed by atoms with Crippen molar-refractivity contribution in [2.75, 3.05) is 75.1 Å². The Hall–Kier alpha value is -7.24. The van der Waals surface area contributed by atoms with Gasteiger partial charge in [0.2, 0.25) is 0 Å². The van der Waals surface area contributed by atoms with Gasteiger partial charge in [-0.05, 0) is 146 Å². The molecule has 15 nitrogen and oxygen atoms in total. The average molecular weight is 1240 g/mol. The van der Waals surface area contributed by atoms with Crippen LogP contribution in [0.15, 0.2) is 127 Å². The number of aliphatic hydroxyl groups is 2. The predicted octanol–water partition coefficient (Wildman–Crippen LogP) is 7.63. The van der Waals surface area contributed by atoms with Crippen molar-refractivity contribution < 1.29 is 86.7 Å². The van der Waals surface area contributed by atoms with E-state index in [0.29, 0.717) is 108 Å². The standard InChI is InChI=1S/2C22H25F2N3O2.C22H23F2N3O2.B.Na.H/c3*1-26-19-7-6-17(24)12-18(19)20(28)13-22(26)8-10-27(11-9-22)21(29)25-14-15-2-4-16(23)5-3-15;;;/h2*2-7,12,20,28H,8-11,13-14H2,1H3,(H,25,29);2-7,12H,8-11,13-14H2,1H3,(H,25,29);;;/q;;;;+1;-1/t2*20-;;;;/m10..../s1. The third kappa shape index (κ3) is 15.2. The van der Waals surface area contributed by atoms with Crippen LogP contribution in [0.25, 0.3) is 0 Å². The van der Waals surface area contributed by atoms with E-state index in [1.165, 1.54) is 72.8 Å². The van der Waals surface area contributed by atoms with E-state index in [2.05, 4.69) is 30.7 Å². The first-order chi connectivity index (χ1) is 41.6. The second-order valence-corrected chi connectivity index (χ2v) is 23.8. The summed E-state index contributed by atoms with van der Waals surface area (Å²) in [6.07, 6.45) is 4.16. The molecular weight excluding hydrogens is 1160 g/mol. The molecule has 0 aliphatic carbocycles. The van der Waals surface area contributed by atoms with Crippen LogP contribution in [0.5, 0.6) is 0 Å². The van der Waals surface area contributed by atoms with Gasteiger partial charge in [-0.25, -0.2) is 40.7 Å². The summed E-state index contributed by atoms with van der Waals surface area (Å²) in [6.45, 7) is 4.37. The summed E-state index contributed by atoms with van der Waals surface area (Å²) in [7, 11) is 5.90. The van der Waals surface area contributed by atoms with Crippen molar-refractivity contribution in [2.24, 2.45) is 0 Å². The van der Waals surface area contributed by atoms with Crippen molar-refractivity contribution >= 4 is 49.4 Å². The molecule has 6 aliphatic rings. The van der Waals surface area contributed by atoms with Crippen molar-refractivity contribution in [1.82, 2.24) is 30.7 Å². The van der Waals surface area contributed by atoms with Crippen molar-refractivity contribution in [3.05, 3.63) is 196 Å². The molecule has 6 aliphatic heterocycles. The SMILES string of the molecule is CN1c2ccc(F)cc2C(=O)CC12CCN(C(=O)NCc1ccc(F)cc1)CC2.CN1c2ccc(F)cc2[C@@H](O)CC12CCN(C(=O)NCc1ccc(F)cc1)CC2.CN1c2ccc(F)cc2[C@H](O)CC12CCN(C(=O)NCc1ccc(F)cc1)CC2.[B].[H-].[Na+]. The summed E-state index contributed by atoms with van der Waals surface area (Å²) >= 11 is 0. The third-order valence-corrected chi connectivity index (χ3v) is 18.8. The monoisotopic (exact) mass is 1240 g/mol. The normalized spacial score (nSPS) is 19.2. The smallest absolute Gasteiger partial charge is 1.00 e. The van der Waals surface area contributed by atoms with E-state index in [1.807, 2.05) is 21.1 Å². The number of carbonyl (C=O) groups is 4. The number of aliphatic hydroxyl groups excluding tert-OH is 2. The number of amides is 6. The quantitative estimate of drug-likeness (QED) is 0.0834.